The number of halogens is 1. The lowest BCUT2D eigenvalue weighted by Crippen LogP contribution is -2.50. The molecular weight excluding hydrogens is 527 g/mol. The highest BCUT2D eigenvalue weighted by atomic mass is 19.1. The first-order valence-electron chi connectivity index (χ1n) is 13.4. The van der Waals surface area contributed by atoms with E-state index in [4.69, 9.17) is 4.74 Å². The number of aromatic nitrogens is 3. The maximum atomic E-state index is 15.4. The van der Waals surface area contributed by atoms with Crippen molar-refractivity contribution in [3.8, 4) is 17.6 Å². The number of aromatic amines is 1. The Labute approximate surface area is 236 Å². The van der Waals surface area contributed by atoms with Crippen LogP contribution in [0.3, 0.4) is 0 Å². The summed E-state index contributed by atoms with van der Waals surface area (Å²) < 4.78 is 21.1. The molecule has 5 rings (SSSR count). The van der Waals surface area contributed by atoms with Crippen LogP contribution in [0.2, 0.25) is 0 Å². The third kappa shape index (κ3) is 4.73. The molecule has 2 N–H and O–H groups in total. The van der Waals surface area contributed by atoms with Crippen molar-refractivity contribution in [1.29, 1.82) is 5.26 Å². The zero-order valence-corrected chi connectivity index (χ0v) is 23.5. The maximum Gasteiger partial charge on any atom is 0.307 e. The van der Waals surface area contributed by atoms with E-state index in [0.29, 0.717) is 35.4 Å². The van der Waals surface area contributed by atoms with E-state index in [1.165, 1.54) is 24.3 Å². The first-order valence-corrected chi connectivity index (χ1v) is 13.4. The molecule has 2 aliphatic rings. The summed E-state index contributed by atoms with van der Waals surface area (Å²) in [6, 6.07) is 10.2. The molecule has 0 radical (unpaired) electrons. The molecule has 0 unspecified atom stereocenters. The first kappa shape index (κ1) is 28.0. The van der Waals surface area contributed by atoms with E-state index < -0.39 is 40.3 Å². The number of nitriles is 1. The Morgan fingerprint density at radius 2 is 1.98 bits per heavy atom. The molecule has 2 saturated heterocycles. The van der Waals surface area contributed by atoms with Gasteiger partial charge in [0.05, 0.1) is 34.5 Å². The summed E-state index contributed by atoms with van der Waals surface area (Å²) in [6.07, 6.45) is 1.18. The van der Waals surface area contributed by atoms with Crippen LogP contribution >= 0.6 is 0 Å². The lowest BCUT2D eigenvalue weighted by atomic mass is 9.81. The average Bonchev–Trinajstić information content (AvgIpc) is 3.42. The van der Waals surface area contributed by atoms with Gasteiger partial charge in [0, 0.05) is 18.1 Å². The number of H-pyrrole nitrogens is 1. The number of hydrogen-bond donors (Lipinski definition) is 2. The maximum absolute atomic E-state index is 15.4. The second-order valence-electron chi connectivity index (χ2n) is 11.4. The molecule has 0 saturated carbocycles. The van der Waals surface area contributed by atoms with Gasteiger partial charge in [0.15, 0.2) is 5.75 Å². The summed E-state index contributed by atoms with van der Waals surface area (Å²) in [5.74, 6) is -1.02. The third-order valence-electron chi connectivity index (χ3n) is 8.18. The molecule has 3 atom stereocenters. The van der Waals surface area contributed by atoms with E-state index in [2.05, 4.69) is 26.6 Å². The summed E-state index contributed by atoms with van der Waals surface area (Å²) in [7, 11) is 0. The van der Waals surface area contributed by atoms with Gasteiger partial charge in [0.2, 0.25) is 5.91 Å². The van der Waals surface area contributed by atoms with Gasteiger partial charge < -0.3 is 15.0 Å². The van der Waals surface area contributed by atoms with Crippen molar-refractivity contribution < 1.29 is 18.7 Å². The molecule has 11 heteroatoms. The Morgan fingerprint density at radius 1 is 1.22 bits per heavy atom. The van der Waals surface area contributed by atoms with Crippen molar-refractivity contribution >= 4 is 11.8 Å². The Balaban J connectivity index is 1.43. The minimum Gasteiger partial charge on any atom is -0.450 e. The molecule has 0 aliphatic carbocycles. The lowest BCUT2D eigenvalue weighted by Gasteiger charge is -2.40. The summed E-state index contributed by atoms with van der Waals surface area (Å²) in [6.45, 7) is 8.70. The number of amides is 2. The molecule has 2 aromatic heterocycles. The fraction of sp³-hybridized carbons (Fsp3) is 0.400. The molecular formula is C30H31FN6O4. The largest absolute Gasteiger partial charge is 0.450 e. The van der Waals surface area contributed by atoms with Gasteiger partial charge in [-0.3, -0.25) is 14.4 Å². The number of hydrogen-bond acceptors (Lipinski definition) is 7. The molecule has 4 heterocycles. The van der Waals surface area contributed by atoms with Gasteiger partial charge in [-0.2, -0.15) is 10.4 Å². The number of nitrogens with one attached hydrogen (secondary N) is 2. The number of aryl methyl sites for hydroxylation is 3. The van der Waals surface area contributed by atoms with Crippen LogP contribution in [0.4, 0.5) is 4.39 Å². The number of fused-ring (bicyclic) bond motifs is 1. The number of carbonyl (C=O) groups excluding carboxylic acids is 2. The Bertz CT molecular complexity index is 1640. The zero-order valence-electron chi connectivity index (χ0n) is 23.5. The van der Waals surface area contributed by atoms with Crippen molar-refractivity contribution in [3.63, 3.8) is 0 Å². The molecule has 0 bridgehead atoms. The second-order valence-corrected chi connectivity index (χ2v) is 11.4. The minimum absolute atomic E-state index is 0.0420. The van der Waals surface area contributed by atoms with Crippen LogP contribution in [0.15, 0.2) is 41.2 Å². The van der Waals surface area contributed by atoms with Gasteiger partial charge in [-0.25, -0.2) is 14.5 Å². The quantitative estimate of drug-likeness (QED) is 0.467. The summed E-state index contributed by atoms with van der Waals surface area (Å²) >= 11 is 0. The molecule has 212 valence electrons. The molecule has 1 aromatic carbocycles. The summed E-state index contributed by atoms with van der Waals surface area (Å²) in [5.41, 5.74) is -0.252. The van der Waals surface area contributed by atoms with E-state index >= 15 is 4.39 Å². The zero-order chi connectivity index (χ0) is 29.7. The van der Waals surface area contributed by atoms with Crippen molar-refractivity contribution in [2.75, 3.05) is 0 Å². The summed E-state index contributed by atoms with van der Waals surface area (Å²) in [4.78, 5) is 45.3. The highest BCUT2D eigenvalue weighted by molar-refractivity contribution is 5.97. The fourth-order valence-electron chi connectivity index (χ4n) is 6.21. The Hall–Kier alpha value is -4.59. The average molecular weight is 559 g/mol. The van der Waals surface area contributed by atoms with Crippen LogP contribution in [-0.4, -0.2) is 44.0 Å². The van der Waals surface area contributed by atoms with Crippen molar-refractivity contribution in [3.05, 3.63) is 80.8 Å². The van der Waals surface area contributed by atoms with Crippen LogP contribution in [0.1, 0.15) is 66.1 Å². The molecule has 0 spiro atoms. The highest BCUT2D eigenvalue weighted by Gasteiger charge is 2.62. The van der Waals surface area contributed by atoms with E-state index in [9.17, 15) is 19.6 Å². The molecule has 2 amide bonds. The van der Waals surface area contributed by atoms with Gasteiger partial charge in [-0.05, 0) is 71.2 Å². The molecule has 3 aromatic rings. The van der Waals surface area contributed by atoms with Crippen LogP contribution in [0, 0.1) is 43.3 Å². The lowest BCUT2D eigenvalue weighted by molar-refractivity contribution is -0.135. The van der Waals surface area contributed by atoms with E-state index in [1.807, 2.05) is 13.0 Å². The monoisotopic (exact) mass is 558 g/mol. The standard InChI is InChI=1S/C30H31FN6O4/c1-16-7-6-8-19(31)25(16)30-12-11-24(29(4,5)15-32)37(30)28(40)21(14-30)34-26(38)20-9-10-22(18(3)33-20)41-23-13-17(2)35-36-27(23)39/h6-10,13,21,24H,11-12,14H2,1-5H3,(H,34,38)(H,36,39)/t21-,24+,30+/m0/s1. The first-order chi connectivity index (χ1) is 19.4. The van der Waals surface area contributed by atoms with Gasteiger partial charge in [-0.1, -0.05) is 12.1 Å². The predicted molar refractivity (Wildman–Crippen MR) is 147 cm³/mol. The molecule has 10 nitrogen and oxygen atoms in total. The van der Waals surface area contributed by atoms with Crippen LogP contribution < -0.4 is 15.6 Å². The predicted octanol–water partition coefficient (Wildman–Crippen LogP) is 3.96. The number of benzene rings is 1. The van der Waals surface area contributed by atoms with Gasteiger partial charge >= 0.3 is 5.56 Å². The number of pyridine rings is 1. The molecule has 2 aliphatic heterocycles. The minimum atomic E-state index is -0.986. The number of ether oxygens (including phenoxy) is 1. The van der Waals surface area contributed by atoms with Crippen LogP contribution in [0.5, 0.6) is 11.5 Å². The Kier molecular flexibility index (Phi) is 6.89. The van der Waals surface area contributed by atoms with Gasteiger partial charge in [0.1, 0.15) is 23.3 Å². The van der Waals surface area contributed by atoms with E-state index in [1.54, 1.807) is 38.7 Å². The van der Waals surface area contributed by atoms with Crippen molar-refractivity contribution in [1.82, 2.24) is 25.4 Å². The second kappa shape index (κ2) is 10.1. The molecule has 2 fully saturated rings. The number of carbonyl (C=O) groups is 2. The molecule has 41 heavy (non-hydrogen) atoms. The SMILES string of the molecule is Cc1cc(Oc2ccc(C(=O)N[C@H]3C[C@@]4(c5c(C)cccc5F)CC[C@H](C(C)(C)C#N)N4C3=O)nc2C)c(=O)[nH]n1. The third-order valence-corrected chi connectivity index (χ3v) is 8.18. The van der Waals surface area contributed by atoms with E-state index in [0.717, 1.165) is 0 Å². The fourth-order valence-corrected chi connectivity index (χ4v) is 6.21. The van der Waals surface area contributed by atoms with Crippen molar-refractivity contribution in [2.45, 2.75) is 71.5 Å². The summed E-state index contributed by atoms with van der Waals surface area (Å²) in [5, 5.41) is 18.9. The highest BCUT2D eigenvalue weighted by Crippen LogP contribution is 2.54. The van der Waals surface area contributed by atoms with Crippen molar-refractivity contribution in [2.24, 2.45) is 5.41 Å². The number of rotatable bonds is 6. The van der Waals surface area contributed by atoms with Crippen LogP contribution in [-0.2, 0) is 10.3 Å². The smallest absolute Gasteiger partial charge is 0.307 e. The topological polar surface area (TPSA) is 141 Å². The normalized spacial score (nSPS) is 21.9. The van der Waals surface area contributed by atoms with Gasteiger partial charge in [0.25, 0.3) is 5.91 Å². The van der Waals surface area contributed by atoms with Gasteiger partial charge in [-0.15, -0.1) is 0 Å². The Morgan fingerprint density at radius 3 is 2.66 bits per heavy atom. The van der Waals surface area contributed by atoms with Crippen LogP contribution in [0.25, 0.3) is 0 Å². The number of nitrogens with zero attached hydrogens (tertiary/aromatic N) is 4. The van der Waals surface area contributed by atoms with E-state index in [-0.39, 0.29) is 29.5 Å².